The number of nitrogens with one attached hydrogen (secondary N) is 1. The molecule has 5 heteroatoms. The van der Waals surface area contributed by atoms with Crippen molar-refractivity contribution in [2.45, 2.75) is 45.1 Å². The van der Waals surface area contributed by atoms with E-state index in [0.29, 0.717) is 18.6 Å². The lowest BCUT2D eigenvalue weighted by atomic mass is 9.87. The molecule has 0 heterocycles. The molecule has 0 aromatic heterocycles. The summed E-state index contributed by atoms with van der Waals surface area (Å²) in [5.74, 6) is -1.21. The zero-order chi connectivity index (χ0) is 13.5. The summed E-state index contributed by atoms with van der Waals surface area (Å²) in [6.07, 6.45) is 4.64. The molecule has 0 saturated heterocycles. The van der Waals surface area contributed by atoms with Crippen molar-refractivity contribution >= 4 is 11.9 Å². The number of carbonyl (C=O) groups excluding carboxylic acids is 1. The third-order valence-electron chi connectivity index (χ3n) is 3.63. The largest absolute Gasteiger partial charge is 0.481 e. The first-order chi connectivity index (χ1) is 8.52. The van der Waals surface area contributed by atoms with Gasteiger partial charge in [-0.15, -0.1) is 0 Å². The van der Waals surface area contributed by atoms with Crippen LogP contribution in [0.1, 0.15) is 39.0 Å². The number of aliphatic carboxylic acids is 1. The summed E-state index contributed by atoms with van der Waals surface area (Å²) in [6.45, 7) is 2.20. The Morgan fingerprint density at radius 1 is 1.33 bits per heavy atom. The van der Waals surface area contributed by atoms with Gasteiger partial charge in [0.25, 0.3) is 0 Å². The lowest BCUT2D eigenvalue weighted by molar-refractivity contribution is -0.143. The van der Waals surface area contributed by atoms with Crippen LogP contribution in [0.15, 0.2) is 0 Å². The second kappa shape index (κ2) is 7.36. The smallest absolute Gasteiger partial charge is 0.306 e. The molecule has 1 rings (SSSR count). The maximum Gasteiger partial charge on any atom is 0.306 e. The highest BCUT2D eigenvalue weighted by Gasteiger charge is 2.22. The number of hydrogen-bond acceptors (Lipinski definition) is 3. The van der Waals surface area contributed by atoms with Crippen LogP contribution in [0, 0.1) is 11.8 Å². The molecule has 1 fully saturated rings. The SMILES string of the molecule is COC1CCC(CNC(=O)C[C@@H](C)C(=O)O)CC1. The molecule has 0 spiro atoms. The Hall–Kier alpha value is -1.10. The highest BCUT2D eigenvalue weighted by Crippen LogP contribution is 2.25. The van der Waals surface area contributed by atoms with E-state index < -0.39 is 11.9 Å². The van der Waals surface area contributed by atoms with Crippen LogP contribution in [0.3, 0.4) is 0 Å². The first kappa shape index (κ1) is 15.0. The molecule has 0 radical (unpaired) electrons. The fourth-order valence-corrected chi connectivity index (χ4v) is 2.27. The predicted octanol–water partition coefficient (Wildman–Crippen LogP) is 1.42. The van der Waals surface area contributed by atoms with Crippen molar-refractivity contribution in [3.8, 4) is 0 Å². The molecule has 104 valence electrons. The van der Waals surface area contributed by atoms with Gasteiger partial charge < -0.3 is 15.2 Å². The number of carboxylic acids is 1. The Bertz CT molecular complexity index is 285. The van der Waals surface area contributed by atoms with Crippen LogP contribution in [-0.2, 0) is 14.3 Å². The molecule has 0 aliphatic heterocycles. The van der Waals surface area contributed by atoms with Crippen molar-refractivity contribution in [2.75, 3.05) is 13.7 Å². The quantitative estimate of drug-likeness (QED) is 0.754. The third kappa shape index (κ3) is 5.04. The summed E-state index contributed by atoms with van der Waals surface area (Å²) in [5.41, 5.74) is 0. The van der Waals surface area contributed by atoms with Crippen LogP contribution in [0.25, 0.3) is 0 Å². The molecule has 0 unspecified atom stereocenters. The monoisotopic (exact) mass is 257 g/mol. The predicted molar refractivity (Wildman–Crippen MR) is 67.2 cm³/mol. The number of carboxylic acid groups (broad SMARTS) is 1. The molecule has 1 amide bonds. The third-order valence-corrected chi connectivity index (χ3v) is 3.63. The first-order valence-electron chi connectivity index (χ1n) is 6.55. The molecule has 18 heavy (non-hydrogen) atoms. The summed E-state index contributed by atoms with van der Waals surface area (Å²) in [6, 6.07) is 0. The van der Waals surface area contributed by atoms with Crippen LogP contribution < -0.4 is 5.32 Å². The minimum atomic E-state index is -0.925. The van der Waals surface area contributed by atoms with Gasteiger partial charge in [-0.25, -0.2) is 0 Å². The van der Waals surface area contributed by atoms with Crippen LogP contribution >= 0.6 is 0 Å². The van der Waals surface area contributed by atoms with Crippen LogP contribution in [-0.4, -0.2) is 36.7 Å². The van der Waals surface area contributed by atoms with Gasteiger partial charge in [-0.2, -0.15) is 0 Å². The minimum Gasteiger partial charge on any atom is -0.481 e. The molecule has 0 bridgehead atoms. The van der Waals surface area contributed by atoms with E-state index in [1.165, 1.54) is 0 Å². The van der Waals surface area contributed by atoms with Crippen molar-refractivity contribution < 1.29 is 19.4 Å². The van der Waals surface area contributed by atoms with Crippen molar-refractivity contribution in [1.82, 2.24) is 5.32 Å². The van der Waals surface area contributed by atoms with E-state index in [0.717, 1.165) is 25.7 Å². The van der Waals surface area contributed by atoms with Crippen molar-refractivity contribution in [1.29, 1.82) is 0 Å². The Balaban J connectivity index is 2.17. The highest BCUT2D eigenvalue weighted by molar-refractivity contribution is 5.81. The standard InChI is InChI=1S/C13H23NO4/c1-9(13(16)17)7-12(15)14-8-10-3-5-11(18-2)6-4-10/h9-11H,3-8H2,1-2H3,(H,14,15)(H,16,17)/t9-,10?,11?/m1/s1. The van der Waals surface area contributed by atoms with Crippen LogP contribution in [0.5, 0.6) is 0 Å². The Labute approximate surface area is 108 Å². The Morgan fingerprint density at radius 2 is 1.94 bits per heavy atom. The number of amides is 1. The summed E-state index contributed by atoms with van der Waals surface area (Å²) < 4.78 is 5.29. The fourth-order valence-electron chi connectivity index (χ4n) is 2.27. The first-order valence-corrected chi connectivity index (χ1v) is 6.55. The zero-order valence-corrected chi connectivity index (χ0v) is 11.1. The normalized spacial score (nSPS) is 25.4. The number of rotatable bonds is 6. The van der Waals surface area contributed by atoms with E-state index >= 15 is 0 Å². The highest BCUT2D eigenvalue weighted by atomic mass is 16.5. The van der Waals surface area contributed by atoms with Crippen molar-refractivity contribution in [2.24, 2.45) is 11.8 Å². The molecule has 1 aliphatic rings. The second-order valence-electron chi connectivity index (χ2n) is 5.13. The fraction of sp³-hybridized carbons (Fsp3) is 0.846. The topological polar surface area (TPSA) is 75.6 Å². The van der Waals surface area contributed by atoms with Gasteiger partial charge in [-0.3, -0.25) is 9.59 Å². The lowest BCUT2D eigenvalue weighted by Gasteiger charge is -2.27. The van der Waals surface area contributed by atoms with Crippen molar-refractivity contribution in [3.63, 3.8) is 0 Å². The molecule has 2 N–H and O–H groups in total. The van der Waals surface area contributed by atoms with E-state index in [2.05, 4.69) is 5.32 Å². The number of ether oxygens (including phenoxy) is 1. The molecule has 1 aliphatic carbocycles. The molecular weight excluding hydrogens is 234 g/mol. The Morgan fingerprint density at radius 3 is 2.44 bits per heavy atom. The molecule has 0 aromatic carbocycles. The number of hydrogen-bond donors (Lipinski definition) is 2. The summed E-state index contributed by atoms with van der Waals surface area (Å²) >= 11 is 0. The van der Waals surface area contributed by atoms with E-state index in [1.54, 1.807) is 14.0 Å². The van der Waals surface area contributed by atoms with Gasteiger partial charge in [0, 0.05) is 20.1 Å². The van der Waals surface area contributed by atoms with Gasteiger partial charge in [-0.05, 0) is 31.6 Å². The zero-order valence-electron chi connectivity index (χ0n) is 11.1. The molecule has 1 atom stereocenters. The summed E-state index contributed by atoms with van der Waals surface area (Å²) in [5, 5.41) is 11.5. The average Bonchev–Trinajstić information content (AvgIpc) is 2.36. The van der Waals surface area contributed by atoms with Crippen molar-refractivity contribution in [3.05, 3.63) is 0 Å². The van der Waals surface area contributed by atoms with Gasteiger partial charge in [0.05, 0.1) is 12.0 Å². The van der Waals surface area contributed by atoms with Gasteiger partial charge in [0.1, 0.15) is 0 Å². The van der Waals surface area contributed by atoms with E-state index in [9.17, 15) is 9.59 Å². The second-order valence-corrected chi connectivity index (χ2v) is 5.13. The molecular formula is C13H23NO4. The lowest BCUT2D eigenvalue weighted by Crippen LogP contribution is -2.33. The maximum absolute atomic E-state index is 11.5. The maximum atomic E-state index is 11.5. The van der Waals surface area contributed by atoms with Gasteiger partial charge in [-0.1, -0.05) is 6.92 Å². The molecule has 5 nitrogen and oxygen atoms in total. The van der Waals surface area contributed by atoms with E-state index in [-0.39, 0.29) is 12.3 Å². The molecule has 0 aromatic rings. The number of methoxy groups -OCH3 is 1. The van der Waals surface area contributed by atoms with Crippen LogP contribution in [0.4, 0.5) is 0 Å². The summed E-state index contributed by atoms with van der Waals surface area (Å²) in [7, 11) is 1.74. The average molecular weight is 257 g/mol. The summed E-state index contributed by atoms with van der Waals surface area (Å²) in [4.78, 5) is 22.1. The minimum absolute atomic E-state index is 0.0583. The Kier molecular flexibility index (Phi) is 6.12. The number of carbonyl (C=O) groups is 2. The van der Waals surface area contributed by atoms with Gasteiger partial charge >= 0.3 is 5.97 Å². The van der Waals surface area contributed by atoms with E-state index in [1.807, 2.05) is 0 Å². The molecule has 1 saturated carbocycles. The van der Waals surface area contributed by atoms with Gasteiger partial charge in [0.15, 0.2) is 0 Å². The van der Waals surface area contributed by atoms with E-state index in [4.69, 9.17) is 9.84 Å². The van der Waals surface area contributed by atoms with Crippen LogP contribution in [0.2, 0.25) is 0 Å². The van der Waals surface area contributed by atoms with Gasteiger partial charge in [0.2, 0.25) is 5.91 Å².